The Morgan fingerprint density at radius 3 is 2.78 bits per heavy atom. The van der Waals surface area contributed by atoms with Crippen molar-refractivity contribution < 1.29 is 4.92 Å². The number of allylic oxidation sites excluding steroid dienone is 1. The van der Waals surface area contributed by atoms with Gasteiger partial charge in [-0.15, -0.1) is 5.10 Å². The number of hydrogen-bond donors (Lipinski definition) is 3. The number of aromatic nitrogens is 1. The van der Waals surface area contributed by atoms with Gasteiger partial charge in [0.25, 0.3) is 5.69 Å². The minimum absolute atomic E-state index is 0.0787. The maximum Gasteiger partial charge on any atom is 0.295 e. The summed E-state index contributed by atoms with van der Waals surface area (Å²) in [5.74, 6) is -0.143. The molecule has 0 saturated heterocycles. The number of nitrogens with two attached hydrogens (primary N) is 3. The summed E-state index contributed by atoms with van der Waals surface area (Å²) in [5, 5.41) is 18.3. The second-order valence-electron chi connectivity index (χ2n) is 4.46. The highest BCUT2D eigenvalue weighted by molar-refractivity contribution is 5.80. The van der Waals surface area contributed by atoms with Crippen LogP contribution in [0, 0.1) is 10.1 Å². The Bertz CT molecular complexity index is 801. The van der Waals surface area contributed by atoms with E-state index in [1.165, 1.54) is 12.3 Å². The molecule has 2 aromatic rings. The maximum atomic E-state index is 11.2. The first-order valence-corrected chi connectivity index (χ1v) is 6.49. The summed E-state index contributed by atoms with van der Waals surface area (Å²) >= 11 is 0. The van der Waals surface area contributed by atoms with Crippen LogP contribution in [0.2, 0.25) is 0 Å². The molecule has 118 valence electrons. The van der Waals surface area contributed by atoms with Crippen LogP contribution in [0.3, 0.4) is 0 Å². The lowest BCUT2D eigenvalue weighted by molar-refractivity contribution is -0.384. The van der Waals surface area contributed by atoms with Crippen molar-refractivity contribution in [1.29, 1.82) is 0 Å². The van der Waals surface area contributed by atoms with Gasteiger partial charge in [0.15, 0.2) is 0 Å². The molecule has 23 heavy (non-hydrogen) atoms. The van der Waals surface area contributed by atoms with Gasteiger partial charge in [-0.2, -0.15) is 5.10 Å². The van der Waals surface area contributed by atoms with Crippen molar-refractivity contribution in [3.05, 3.63) is 58.4 Å². The fourth-order valence-corrected chi connectivity index (χ4v) is 1.92. The zero-order valence-electron chi connectivity index (χ0n) is 12.0. The molecule has 0 atom stereocenters. The van der Waals surface area contributed by atoms with E-state index in [9.17, 15) is 10.1 Å². The normalized spacial score (nSPS) is 11.1. The quantitative estimate of drug-likeness (QED) is 0.249. The third-order valence-corrected chi connectivity index (χ3v) is 2.83. The number of benzene rings is 1. The van der Waals surface area contributed by atoms with Gasteiger partial charge >= 0.3 is 0 Å². The zero-order chi connectivity index (χ0) is 16.8. The molecule has 1 heterocycles. The largest absolute Gasteiger partial charge is 0.399 e. The summed E-state index contributed by atoms with van der Waals surface area (Å²) in [6.45, 7) is 0. The van der Waals surface area contributed by atoms with E-state index in [1.807, 2.05) is 0 Å². The molecule has 0 radical (unpaired) electrons. The van der Waals surface area contributed by atoms with Crippen molar-refractivity contribution in [2.75, 3.05) is 5.73 Å². The summed E-state index contributed by atoms with van der Waals surface area (Å²) in [4.78, 5) is 10.7. The van der Waals surface area contributed by atoms with Gasteiger partial charge < -0.3 is 21.8 Å². The summed E-state index contributed by atoms with van der Waals surface area (Å²) in [6, 6.07) is 8.09. The van der Waals surface area contributed by atoms with E-state index in [2.05, 4.69) is 10.2 Å². The van der Waals surface area contributed by atoms with Crippen molar-refractivity contribution in [1.82, 2.24) is 4.57 Å². The molecule has 0 saturated carbocycles. The standard InChI is InChI=1S/C14H15N7O2/c15-10-5-6-12(13(9-10)21(22)23)20-8-2-4-11(20)3-1-7-18-19-14(16)17/h1-9H,15H2,(H4,16,17,19)/b3-1+,18-7+. The third kappa shape index (κ3) is 3.94. The highest BCUT2D eigenvalue weighted by atomic mass is 16.6. The Labute approximate surface area is 131 Å². The first-order chi connectivity index (χ1) is 11.0. The average molecular weight is 313 g/mol. The lowest BCUT2D eigenvalue weighted by atomic mass is 10.2. The Morgan fingerprint density at radius 2 is 2.09 bits per heavy atom. The van der Waals surface area contributed by atoms with Gasteiger partial charge in [-0.3, -0.25) is 10.1 Å². The molecule has 9 heteroatoms. The van der Waals surface area contributed by atoms with Crippen molar-refractivity contribution in [2.24, 2.45) is 21.7 Å². The van der Waals surface area contributed by atoms with Crippen LogP contribution in [0.1, 0.15) is 5.69 Å². The molecule has 0 amide bonds. The summed E-state index contributed by atoms with van der Waals surface area (Å²) in [5.41, 5.74) is 17.3. The highest BCUT2D eigenvalue weighted by Gasteiger charge is 2.16. The van der Waals surface area contributed by atoms with Crippen molar-refractivity contribution in [2.45, 2.75) is 0 Å². The SMILES string of the molecule is NC(N)=N/N=C/C=C/c1cccn1-c1ccc(N)cc1[N+](=O)[O-]. The van der Waals surface area contributed by atoms with Gasteiger partial charge in [0.1, 0.15) is 5.69 Å². The first-order valence-electron chi connectivity index (χ1n) is 6.49. The van der Waals surface area contributed by atoms with Crippen LogP contribution in [-0.4, -0.2) is 21.7 Å². The van der Waals surface area contributed by atoms with Crippen LogP contribution < -0.4 is 17.2 Å². The zero-order valence-corrected chi connectivity index (χ0v) is 12.0. The monoisotopic (exact) mass is 313 g/mol. The second kappa shape index (κ2) is 6.89. The molecule has 1 aromatic heterocycles. The van der Waals surface area contributed by atoms with Crippen LogP contribution in [0.25, 0.3) is 11.8 Å². The van der Waals surface area contributed by atoms with Gasteiger partial charge in [0, 0.05) is 29.9 Å². The summed E-state index contributed by atoms with van der Waals surface area (Å²) < 4.78 is 1.67. The predicted octanol–water partition coefficient (Wildman–Crippen LogP) is 1.24. The second-order valence-corrected chi connectivity index (χ2v) is 4.46. The molecule has 0 bridgehead atoms. The van der Waals surface area contributed by atoms with Crippen LogP contribution in [0.4, 0.5) is 11.4 Å². The minimum Gasteiger partial charge on any atom is -0.399 e. The Hall–Kier alpha value is -3.62. The van der Waals surface area contributed by atoms with Crippen LogP contribution >= 0.6 is 0 Å². The summed E-state index contributed by atoms with van der Waals surface area (Å²) in [7, 11) is 0. The molecule has 2 rings (SSSR count). The number of anilines is 1. The fraction of sp³-hybridized carbons (Fsp3) is 0. The fourth-order valence-electron chi connectivity index (χ4n) is 1.92. The van der Waals surface area contributed by atoms with Gasteiger partial charge in [0.05, 0.1) is 4.92 Å². The van der Waals surface area contributed by atoms with E-state index in [-0.39, 0.29) is 11.6 Å². The maximum absolute atomic E-state index is 11.2. The van der Waals surface area contributed by atoms with Crippen molar-refractivity contribution in [3.8, 4) is 5.69 Å². The lowest BCUT2D eigenvalue weighted by Crippen LogP contribution is -2.21. The van der Waals surface area contributed by atoms with E-state index in [4.69, 9.17) is 17.2 Å². The molecule has 6 N–H and O–H groups in total. The van der Waals surface area contributed by atoms with Gasteiger partial charge in [-0.25, -0.2) is 0 Å². The van der Waals surface area contributed by atoms with Gasteiger partial charge in [-0.1, -0.05) is 0 Å². The van der Waals surface area contributed by atoms with Crippen molar-refractivity contribution in [3.63, 3.8) is 0 Å². The molecular weight excluding hydrogens is 298 g/mol. The molecule has 1 aromatic carbocycles. The van der Waals surface area contributed by atoms with E-state index in [1.54, 1.807) is 47.2 Å². The lowest BCUT2D eigenvalue weighted by Gasteiger charge is -2.07. The topological polar surface area (TPSA) is 151 Å². The van der Waals surface area contributed by atoms with Crippen LogP contribution in [0.5, 0.6) is 0 Å². The molecule has 0 aliphatic carbocycles. The number of guanidine groups is 1. The number of nitro groups is 1. The van der Waals surface area contributed by atoms with E-state index in [0.29, 0.717) is 17.1 Å². The number of nitrogens with zero attached hydrogens (tertiary/aromatic N) is 4. The first kappa shape index (κ1) is 15.8. The molecule has 0 unspecified atom stereocenters. The Morgan fingerprint density at radius 1 is 1.30 bits per heavy atom. The molecule has 9 nitrogen and oxygen atoms in total. The molecule has 0 spiro atoms. The van der Waals surface area contributed by atoms with E-state index in [0.717, 1.165) is 0 Å². The van der Waals surface area contributed by atoms with Gasteiger partial charge in [-0.05, 0) is 36.4 Å². The predicted molar refractivity (Wildman–Crippen MR) is 90.2 cm³/mol. The molecule has 0 aliphatic heterocycles. The van der Waals surface area contributed by atoms with Crippen LogP contribution in [0.15, 0.2) is 52.8 Å². The average Bonchev–Trinajstić information content (AvgIpc) is 2.94. The number of rotatable bonds is 5. The summed E-state index contributed by atoms with van der Waals surface area (Å²) in [6.07, 6.45) is 6.44. The van der Waals surface area contributed by atoms with Gasteiger partial charge in [0.2, 0.25) is 5.96 Å². The van der Waals surface area contributed by atoms with E-state index < -0.39 is 4.92 Å². The third-order valence-electron chi connectivity index (χ3n) is 2.83. The molecular formula is C14H15N7O2. The Kier molecular flexibility index (Phi) is 4.72. The number of nitrogen functional groups attached to an aromatic ring is 1. The van der Waals surface area contributed by atoms with E-state index >= 15 is 0 Å². The molecule has 0 aliphatic rings. The minimum atomic E-state index is -0.473. The number of hydrogen-bond acceptors (Lipinski definition) is 5. The smallest absolute Gasteiger partial charge is 0.295 e. The molecule has 0 fully saturated rings. The number of nitro benzene ring substituents is 1. The van der Waals surface area contributed by atoms with Crippen molar-refractivity contribution >= 4 is 29.6 Å². The van der Waals surface area contributed by atoms with Crippen LogP contribution in [-0.2, 0) is 0 Å². The highest BCUT2D eigenvalue weighted by Crippen LogP contribution is 2.27. The Balaban J connectivity index is 2.35.